The van der Waals surface area contributed by atoms with E-state index in [4.69, 9.17) is 9.53 Å². The smallest absolute Gasteiger partial charge is 0.405 e. The Kier molecular flexibility index (Phi) is 5.88. The molecule has 5 nitrogen and oxygen atoms in total. The summed E-state index contributed by atoms with van der Waals surface area (Å²) in [5, 5.41) is 20.8. The molecule has 0 saturated heterocycles. The molecule has 0 radical (unpaired) electrons. The molecule has 1 amide bonds. The zero-order valence-corrected chi connectivity index (χ0v) is 15.9. The van der Waals surface area contributed by atoms with Crippen LogP contribution in [0.1, 0.15) is 33.3 Å². The van der Waals surface area contributed by atoms with Gasteiger partial charge in [-0.2, -0.15) is 0 Å². The molecule has 0 heterocycles. The number of aliphatic hydroxyl groups excluding tert-OH is 1. The first-order valence-corrected chi connectivity index (χ1v) is 10.7. The van der Waals surface area contributed by atoms with Crippen LogP contribution in [0.3, 0.4) is 0 Å². The molecule has 0 spiro atoms. The minimum atomic E-state index is -1.87. The number of aliphatic hydroxyl groups is 1. The van der Waals surface area contributed by atoms with Gasteiger partial charge in [0.15, 0.2) is 0 Å². The molecule has 3 N–H and O–H groups in total. The van der Waals surface area contributed by atoms with Crippen molar-refractivity contribution in [3.63, 3.8) is 0 Å². The zero-order valence-electron chi connectivity index (χ0n) is 14.9. The van der Waals surface area contributed by atoms with E-state index >= 15 is 0 Å². The summed E-state index contributed by atoms with van der Waals surface area (Å²) in [4.78, 5) is 10.8. The first-order chi connectivity index (χ1) is 10.4. The second-order valence-electron chi connectivity index (χ2n) is 7.83. The quantitative estimate of drug-likeness (QED) is 0.692. The average molecular weight is 340 g/mol. The van der Waals surface area contributed by atoms with Crippen LogP contribution in [0.5, 0.6) is 5.75 Å². The number of carbonyl (C=O) groups is 1. The van der Waals surface area contributed by atoms with Crippen LogP contribution in [0.25, 0.3) is 0 Å². The van der Waals surface area contributed by atoms with E-state index in [1.807, 2.05) is 24.3 Å². The van der Waals surface area contributed by atoms with Crippen LogP contribution in [-0.4, -0.2) is 36.8 Å². The molecule has 1 unspecified atom stereocenters. The highest BCUT2D eigenvalue weighted by Gasteiger charge is 2.38. The van der Waals surface area contributed by atoms with Gasteiger partial charge in [0.2, 0.25) is 8.32 Å². The monoisotopic (exact) mass is 339 g/mol. The largest absolute Gasteiger partial charge is 0.544 e. The molecule has 0 bridgehead atoms. The predicted octanol–water partition coefficient (Wildman–Crippen LogP) is 3.63. The Balaban J connectivity index is 2.83. The Morgan fingerprint density at radius 2 is 1.70 bits per heavy atom. The molecule has 1 atom stereocenters. The maximum Gasteiger partial charge on any atom is 0.405 e. The molecule has 130 valence electrons. The SMILES string of the molecule is CC(CO)(Cc1ccc(O[Si](C)(C)C(C)(C)C)cc1)NC(=O)O. The first kappa shape index (κ1) is 19.5. The molecule has 6 heteroatoms. The summed E-state index contributed by atoms with van der Waals surface area (Å²) in [6, 6.07) is 7.66. The molecule has 0 aliphatic rings. The molecule has 0 fully saturated rings. The van der Waals surface area contributed by atoms with Crippen molar-refractivity contribution in [2.45, 2.75) is 57.8 Å². The Labute approximate surface area is 139 Å². The summed E-state index contributed by atoms with van der Waals surface area (Å²) in [6.45, 7) is 12.4. The summed E-state index contributed by atoms with van der Waals surface area (Å²) in [5.41, 5.74) is 0.0473. The molecule has 0 saturated carbocycles. The topological polar surface area (TPSA) is 78.8 Å². The third-order valence-electron chi connectivity index (χ3n) is 4.45. The van der Waals surface area contributed by atoms with Crippen molar-refractivity contribution in [2.24, 2.45) is 0 Å². The van der Waals surface area contributed by atoms with Crippen LogP contribution >= 0.6 is 0 Å². The second kappa shape index (κ2) is 6.92. The minimum Gasteiger partial charge on any atom is -0.544 e. The van der Waals surface area contributed by atoms with Crippen molar-refractivity contribution in [3.05, 3.63) is 29.8 Å². The fourth-order valence-electron chi connectivity index (χ4n) is 1.97. The fourth-order valence-corrected chi connectivity index (χ4v) is 3.00. The number of hydrogen-bond donors (Lipinski definition) is 3. The molecular weight excluding hydrogens is 310 g/mol. The van der Waals surface area contributed by atoms with Crippen LogP contribution in [-0.2, 0) is 6.42 Å². The van der Waals surface area contributed by atoms with Gasteiger partial charge in [-0.25, -0.2) is 4.79 Å². The van der Waals surface area contributed by atoms with Gasteiger partial charge in [-0.3, -0.25) is 0 Å². The van der Waals surface area contributed by atoms with Crippen LogP contribution < -0.4 is 9.74 Å². The molecule has 0 aliphatic carbocycles. The van der Waals surface area contributed by atoms with Gasteiger partial charge in [-0.05, 0) is 49.2 Å². The van der Waals surface area contributed by atoms with E-state index < -0.39 is 19.9 Å². The number of amides is 1. The van der Waals surface area contributed by atoms with Crippen LogP contribution in [0.4, 0.5) is 4.79 Å². The maximum absolute atomic E-state index is 10.8. The van der Waals surface area contributed by atoms with Crippen LogP contribution in [0.2, 0.25) is 18.1 Å². The van der Waals surface area contributed by atoms with E-state index in [1.54, 1.807) is 6.92 Å². The number of nitrogens with one attached hydrogen (secondary N) is 1. The lowest BCUT2D eigenvalue weighted by molar-refractivity contribution is 0.146. The highest BCUT2D eigenvalue weighted by Crippen LogP contribution is 2.37. The third kappa shape index (κ3) is 5.55. The minimum absolute atomic E-state index is 0.131. The Morgan fingerprint density at radius 3 is 2.09 bits per heavy atom. The molecule has 0 aromatic heterocycles. The van der Waals surface area contributed by atoms with Crippen molar-refractivity contribution >= 4 is 14.4 Å². The fraction of sp³-hybridized carbons (Fsp3) is 0.588. The van der Waals surface area contributed by atoms with Gasteiger partial charge in [0.05, 0.1) is 12.1 Å². The summed E-state index contributed by atoms with van der Waals surface area (Å²) in [5.74, 6) is 0.831. The normalized spacial score (nSPS) is 14.9. The van der Waals surface area contributed by atoms with Crippen molar-refractivity contribution in [3.8, 4) is 5.75 Å². The van der Waals surface area contributed by atoms with Crippen molar-refractivity contribution in [2.75, 3.05) is 6.61 Å². The number of carboxylic acid groups (broad SMARTS) is 1. The summed E-state index contributed by atoms with van der Waals surface area (Å²) in [6.07, 6.45) is -0.727. The van der Waals surface area contributed by atoms with E-state index in [2.05, 4.69) is 39.2 Å². The molecule has 1 rings (SSSR count). The van der Waals surface area contributed by atoms with E-state index in [9.17, 15) is 9.90 Å². The first-order valence-electron chi connectivity index (χ1n) is 7.78. The highest BCUT2D eigenvalue weighted by atomic mass is 28.4. The third-order valence-corrected chi connectivity index (χ3v) is 8.81. The van der Waals surface area contributed by atoms with Gasteiger partial charge in [-0.15, -0.1) is 0 Å². The number of hydrogen-bond acceptors (Lipinski definition) is 3. The van der Waals surface area contributed by atoms with Gasteiger partial charge in [0, 0.05) is 0 Å². The van der Waals surface area contributed by atoms with Crippen LogP contribution in [0.15, 0.2) is 24.3 Å². The molecule has 1 aromatic rings. The lowest BCUT2D eigenvalue weighted by Gasteiger charge is -2.36. The number of benzene rings is 1. The zero-order chi connectivity index (χ0) is 17.9. The molecule has 23 heavy (non-hydrogen) atoms. The number of rotatable bonds is 6. The standard InChI is InChI=1S/C17H29NO4Si/c1-16(2,3)23(5,6)22-14-9-7-13(8-10-14)11-17(4,12-19)18-15(20)21/h7-10,18-19H,11-12H2,1-6H3,(H,20,21). The van der Waals surface area contributed by atoms with Gasteiger partial charge in [-0.1, -0.05) is 32.9 Å². The summed E-state index contributed by atoms with van der Waals surface area (Å²) < 4.78 is 6.22. The van der Waals surface area contributed by atoms with E-state index in [0.29, 0.717) is 6.42 Å². The van der Waals surface area contributed by atoms with E-state index in [0.717, 1.165) is 11.3 Å². The highest BCUT2D eigenvalue weighted by molar-refractivity contribution is 6.74. The Morgan fingerprint density at radius 1 is 1.17 bits per heavy atom. The Bertz CT molecular complexity index is 537. The van der Waals surface area contributed by atoms with Crippen molar-refractivity contribution < 1.29 is 19.4 Å². The summed E-state index contributed by atoms with van der Waals surface area (Å²) in [7, 11) is -1.87. The van der Waals surface area contributed by atoms with E-state index in [-0.39, 0.29) is 11.6 Å². The average Bonchev–Trinajstić information content (AvgIpc) is 2.38. The molecular formula is C17H29NO4Si. The van der Waals surface area contributed by atoms with Crippen molar-refractivity contribution in [1.29, 1.82) is 0 Å². The van der Waals surface area contributed by atoms with Crippen LogP contribution in [0, 0.1) is 0 Å². The van der Waals surface area contributed by atoms with Gasteiger partial charge < -0.3 is 20.0 Å². The molecule has 1 aromatic carbocycles. The molecule has 0 aliphatic heterocycles. The predicted molar refractivity (Wildman–Crippen MR) is 94.6 cm³/mol. The van der Waals surface area contributed by atoms with Gasteiger partial charge in [0.1, 0.15) is 5.75 Å². The van der Waals surface area contributed by atoms with Gasteiger partial charge >= 0.3 is 6.09 Å². The Hall–Kier alpha value is -1.53. The summed E-state index contributed by atoms with van der Waals surface area (Å²) >= 11 is 0. The lowest BCUT2D eigenvalue weighted by Crippen LogP contribution is -2.50. The lowest BCUT2D eigenvalue weighted by atomic mass is 9.94. The second-order valence-corrected chi connectivity index (χ2v) is 12.6. The van der Waals surface area contributed by atoms with Gasteiger partial charge in [0.25, 0.3) is 0 Å². The maximum atomic E-state index is 10.8. The van der Waals surface area contributed by atoms with Crippen molar-refractivity contribution in [1.82, 2.24) is 5.32 Å². The van der Waals surface area contributed by atoms with E-state index in [1.165, 1.54) is 0 Å².